The summed E-state index contributed by atoms with van der Waals surface area (Å²) in [6.45, 7) is 6.24. The van der Waals surface area contributed by atoms with Crippen LogP contribution in [0, 0.1) is 11.3 Å². The molecule has 2 aromatic carbocycles. The van der Waals surface area contributed by atoms with Gasteiger partial charge >= 0.3 is 0 Å². The lowest BCUT2D eigenvalue weighted by atomic mass is 9.64. The van der Waals surface area contributed by atoms with E-state index in [1.807, 2.05) is 12.1 Å². The molecule has 7 rings (SSSR count). The Labute approximate surface area is 223 Å². The van der Waals surface area contributed by atoms with Gasteiger partial charge in [0, 0.05) is 72.2 Å². The van der Waals surface area contributed by atoms with Gasteiger partial charge in [-0.3, -0.25) is 4.79 Å². The second-order valence-electron chi connectivity index (χ2n) is 11.5. The fourth-order valence-corrected chi connectivity index (χ4v) is 7.62. The van der Waals surface area contributed by atoms with Crippen molar-refractivity contribution in [1.29, 1.82) is 5.26 Å². The standard InChI is InChI=1S/C31H35N5O2/c32-18-20-3-4-23-26(15-20)34-30-28(23)29(37)24-16-21(19-33)27(17-25(24)31(30)7-13-38-14-8-31)36-11-5-22(6-12-36)35-9-1-2-10-35/h3-4,15-17,22,34H,1-2,5-14,19,33H2. The number of hydrogen-bond donors (Lipinski definition) is 2. The highest BCUT2D eigenvalue weighted by Crippen LogP contribution is 2.51. The van der Waals surface area contributed by atoms with Crippen molar-refractivity contribution in [3.8, 4) is 6.07 Å². The average Bonchev–Trinajstić information content (AvgIpc) is 3.65. The molecule has 0 unspecified atom stereocenters. The number of hydrogen-bond acceptors (Lipinski definition) is 6. The molecule has 4 aliphatic rings. The van der Waals surface area contributed by atoms with E-state index in [0.29, 0.717) is 31.4 Å². The molecule has 0 saturated carbocycles. The number of nitrogens with one attached hydrogen (secondary N) is 1. The molecule has 7 nitrogen and oxygen atoms in total. The van der Waals surface area contributed by atoms with Gasteiger partial charge in [0.1, 0.15) is 0 Å². The Morgan fingerprint density at radius 1 is 1.08 bits per heavy atom. The molecule has 196 valence electrons. The van der Waals surface area contributed by atoms with Crippen LogP contribution in [0.4, 0.5) is 5.69 Å². The largest absolute Gasteiger partial charge is 0.381 e. The molecular weight excluding hydrogens is 474 g/mol. The number of ketones is 1. The van der Waals surface area contributed by atoms with E-state index < -0.39 is 0 Å². The molecule has 7 heteroatoms. The summed E-state index contributed by atoms with van der Waals surface area (Å²) < 4.78 is 5.84. The predicted molar refractivity (Wildman–Crippen MR) is 148 cm³/mol. The van der Waals surface area contributed by atoms with E-state index in [1.54, 1.807) is 6.07 Å². The van der Waals surface area contributed by atoms with Crippen LogP contribution in [-0.4, -0.2) is 61.1 Å². The van der Waals surface area contributed by atoms with Gasteiger partial charge < -0.3 is 25.3 Å². The molecule has 38 heavy (non-hydrogen) atoms. The van der Waals surface area contributed by atoms with E-state index >= 15 is 0 Å². The number of nitrogens with two attached hydrogens (primary N) is 1. The lowest BCUT2D eigenvalue weighted by Crippen LogP contribution is -2.45. The third-order valence-electron chi connectivity index (χ3n) is 9.64. The van der Waals surface area contributed by atoms with Crippen molar-refractivity contribution in [2.75, 3.05) is 44.3 Å². The van der Waals surface area contributed by atoms with Gasteiger partial charge in [-0.15, -0.1) is 0 Å². The second kappa shape index (κ2) is 9.23. The maximum atomic E-state index is 14.1. The summed E-state index contributed by atoms with van der Waals surface area (Å²) in [5.74, 6) is 0.0528. The number of aromatic amines is 1. The van der Waals surface area contributed by atoms with Gasteiger partial charge in [-0.25, -0.2) is 0 Å². The minimum atomic E-state index is -0.321. The van der Waals surface area contributed by atoms with E-state index in [0.717, 1.165) is 64.8 Å². The maximum Gasteiger partial charge on any atom is 0.195 e. The van der Waals surface area contributed by atoms with E-state index in [1.165, 1.54) is 44.5 Å². The number of nitriles is 1. The zero-order valence-electron chi connectivity index (χ0n) is 21.9. The number of carbonyl (C=O) groups is 1. The fourth-order valence-electron chi connectivity index (χ4n) is 7.62. The number of piperidine rings is 1. The van der Waals surface area contributed by atoms with Gasteiger partial charge in [0.15, 0.2) is 5.78 Å². The highest BCUT2D eigenvalue weighted by molar-refractivity contribution is 6.20. The number of benzene rings is 2. The Morgan fingerprint density at radius 2 is 1.84 bits per heavy atom. The van der Waals surface area contributed by atoms with Crippen LogP contribution in [0.25, 0.3) is 10.9 Å². The van der Waals surface area contributed by atoms with Crippen LogP contribution in [0.2, 0.25) is 0 Å². The van der Waals surface area contributed by atoms with Crippen LogP contribution >= 0.6 is 0 Å². The Balaban J connectivity index is 1.33. The molecule has 1 aromatic heterocycles. The van der Waals surface area contributed by atoms with Crippen LogP contribution in [0.15, 0.2) is 30.3 Å². The van der Waals surface area contributed by atoms with Gasteiger partial charge in [-0.1, -0.05) is 6.07 Å². The number of carbonyl (C=O) groups excluding carboxylic acids is 1. The Morgan fingerprint density at radius 3 is 2.55 bits per heavy atom. The fraction of sp³-hybridized carbons (Fsp3) is 0.484. The monoisotopic (exact) mass is 509 g/mol. The molecule has 3 N–H and O–H groups in total. The summed E-state index contributed by atoms with van der Waals surface area (Å²) in [5, 5.41) is 10.4. The average molecular weight is 510 g/mol. The second-order valence-corrected chi connectivity index (χ2v) is 11.5. The number of ether oxygens (including phenoxy) is 1. The number of anilines is 1. The van der Waals surface area contributed by atoms with Crippen molar-refractivity contribution in [1.82, 2.24) is 9.88 Å². The van der Waals surface area contributed by atoms with Crippen LogP contribution in [0.3, 0.4) is 0 Å². The minimum Gasteiger partial charge on any atom is -0.381 e. The Bertz CT molecular complexity index is 1450. The zero-order valence-corrected chi connectivity index (χ0v) is 21.9. The molecule has 3 fully saturated rings. The maximum absolute atomic E-state index is 14.1. The molecule has 0 amide bonds. The molecule has 3 saturated heterocycles. The van der Waals surface area contributed by atoms with E-state index in [9.17, 15) is 10.1 Å². The quantitative estimate of drug-likeness (QED) is 0.549. The highest BCUT2D eigenvalue weighted by atomic mass is 16.5. The van der Waals surface area contributed by atoms with Crippen molar-refractivity contribution in [3.63, 3.8) is 0 Å². The van der Waals surface area contributed by atoms with Gasteiger partial charge in [0.25, 0.3) is 0 Å². The van der Waals surface area contributed by atoms with Gasteiger partial charge in [0.05, 0.1) is 17.2 Å². The first kappa shape index (κ1) is 23.9. The molecule has 0 bridgehead atoms. The third kappa shape index (κ3) is 3.54. The summed E-state index contributed by atoms with van der Waals surface area (Å²) in [6.07, 6.45) is 6.64. The molecule has 0 atom stereocenters. The third-order valence-corrected chi connectivity index (χ3v) is 9.64. The molecule has 4 heterocycles. The highest BCUT2D eigenvalue weighted by Gasteiger charge is 2.47. The van der Waals surface area contributed by atoms with Crippen LogP contribution in [0.1, 0.15) is 76.8 Å². The molecule has 3 aromatic rings. The summed E-state index contributed by atoms with van der Waals surface area (Å²) in [6, 6.07) is 12.9. The first-order chi connectivity index (χ1) is 18.6. The number of fused-ring (bicyclic) bond motifs is 6. The first-order valence-electron chi connectivity index (χ1n) is 14.2. The number of likely N-dealkylation sites (tertiary alicyclic amines) is 1. The zero-order chi connectivity index (χ0) is 25.9. The summed E-state index contributed by atoms with van der Waals surface area (Å²) in [4.78, 5) is 22.9. The summed E-state index contributed by atoms with van der Waals surface area (Å²) in [7, 11) is 0. The molecular formula is C31H35N5O2. The van der Waals surface area contributed by atoms with Crippen molar-refractivity contribution in [3.05, 3.63) is 63.8 Å². The minimum absolute atomic E-state index is 0.0528. The molecule has 3 aliphatic heterocycles. The van der Waals surface area contributed by atoms with Crippen molar-refractivity contribution in [2.24, 2.45) is 5.73 Å². The van der Waals surface area contributed by atoms with Crippen molar-refractivity contribution < 1.29 is 9.53 Å². The normalized spacial score (nSPS) is 21.6. The molecule has 1 spiro atoms. The van der Waals surface area contributed by atoms with E-state index in [4.69, 9.17) is 10.5 Å². The van der Waals surface area contributed by atoms with Crippen molar-refractivity contribution in [2.45, 2.75) is 56.5 Å². The van der Waals surface area contributed by atoms with Crippen LogP contribution in [0.5, 0.6) is 0 Å². The predicted octanol–water partition coefficient (Wildman–Crippen LogP) is 4.20. The first-order valence-corrected chi connectivity index (χ1v) is 14.2. The number of rotatable bonds is 3. The number of aromatic nitrogens is 1. The molecule has 1 aliphatic carbocycles. The number of H-pyrrole nitrogens is 1. The Hall–Kier alpha value is -3.18. The summed E-state index contributed by atoms with van der Waals surface area (Å²) in [5.41, 5.74) is 13.3. The SMILES string of the molecule is N#Cc1ccc2c3c([nH]c2c1)C1(CCOCC1)c1cc(N2CCC(N4CCCC4)CC2)c(CN)cc1C3=O. The number of nitrogens with zero attached hydrogens (tertiary/aromatic N) is 3. The van der Waals surface area contributed by atoms with E-state index in [-0.39, 0.29) is 11.2 Å². The van der Waals surface area contributed by atoms with Gasteiger partial charge in [0.2, 0.25) is 0 Å². The smallest absolute Gasteiger partial charge is 0.195 e. The molecule has 0 radical (unpaired) electrons. The Kier molecular flexibility index (Phi) is 5.81. The lowest BCUT2D eigenvalue weighted by Gasteiger charge is -2.43. The van der Waals surface area contributed by atoms with Gasteiger partial charge in [-0.2, -0.15) is 5.26 Å². The van der Waals surface area contributed by atoms with Crippen molar-refractivity contribution >= 4 is 22.4 Å². The lowest BCUT2D eigenvalue weighted by molar-refractivity contribution is 0.0602. The van der Waals surface area contributed by atoms with Crippen LogP contribution < -0.4 is 10.6 Å². The topological polar surface area (TPSA) is 98.4 Å². The van der Waals surface area contributed by atoms with E-state index in [2.05, 4.69) is 33.0 Å². The van der Waals surface area contributed by atoms with Crippen LogP contribution in [-0.2, 0) is 16.7 Å². The summed E-state index contributed by atoms with van der Waals surface area (Å²) >= 11 is 0. The van der Waals surface area contributed by atoms with Gasteiger partial charge in [-0.05, 0) is 87.0 Å².